The lowest BCUT2D eigenvalue weighted by molar-refractivity contribution is 0.331. The van der Waals surface area contributed by atoms with Crippen molar-refractivity contribution >= 4 is 16.6 Å². The number of hydrogen-bond donors (Lipinski definition) is 2. The normalized spacial score (nSPS) is 13.9. The number of nitrogens with one attached hydrogen (secondary N) is 2. The number of anilines is 1. The van der Waals surface area contributed by atoms with Crippen LogP contribution < -0.4 is 5.32 Å². The van der Waals surface area contributed by atoms with Crippen LogP contribution in [0.15, 0.2) is 79.3 Å². The summed E-state index contributed by atoms with van der Waals surface area (Å²) in [4.78, 5) is 11.4. The van der Waals surface area contributed by atoms with Crippen molar-refractivity contribution in [3.63, 3.8) is 0 Å². The summed E-state index contributed by atoms with van der Waals surface area (Å²) in [5, 5.41) is 12.1. The molecule has 0 radical (unpaired) electrons. The van der Waals surface area contributed by atoms with Gasteiger partial charge in [0.1, 0.15) is 5.82 Å². The lowest BCUT2D eigenvalue weighted by Gasteiger charge is -2.14. The van der Waals surface area contributed by atoms with E-state index in [0.29, 0.717) is 17.8 Å². The van der Waals surface area contributed by atoms with Crippen LogP contribution in [0.3, 0.4) is 0 Å². The molecule has 2 N–H and O–H groups in total. The van der Waals surface area contributed by atoms with Gasteiger partial charge in [0.2, 0.25) is 0 Å². The summed E-state index contributed by atoms with van der Waals surface area (Å²) in [7, 11) is 0. The first-order valence-electron chi connectivity index (χ1n) is 12.3. The number of fused-ring (bicyclic) bond motifs is 1. The van der Waals surface area contributed by atoms with Crippen LogP contribution in [0.4, 0.5) is 10.1 Å². The molecule has 0 amide bonds. The third-order valence-electron chi connectivity index (χ3n) is 6.75. The molecule has 0 saturated carbocycles. The topological polar surface area (TPSA) is 69.7 Å². The highest BCUT2D eigenvalue weighted by Crippen LogP contribution is 2.27. The molecular weight excluding hydrogens is 451 g/mol. The smallest absolute Gasteiger partial charge is 0.132 e. The van der Waals surface area contributed by atoms with E-state index in [4.69, 9.17) is 0 Å². The SMILES string of the molecule is Fc1ccccc1-c1ccc(NCc2[nH]nc3ccc(-c4cncc(CN5CCCC5)c4)cc23)cn1. The van der Waals surface area contributed by atoms with Crippen molar-refractivity contribution in [2.24, 2.45) is 0 Å². The number of nitrogens with zero attached hydrogens (tertiary/aromatic N) is 4. The Labute approximate surface area is 209 Å². The van der Waals surface area contributed by atoms with Gasteiger partial charge in [0, 0.05) is 35.5 Å². The van der Waals surface area contributed by atoms with Crippen molar-refractivity contribution in [1.82, 2.24) is 25.1 Å². The lowest BCUT2D eigenvalue weighted by atomic mass is 10.0. The van der Waals surface area contributed by atoms with E-state index in [1.165, 1.54) is 37.6 Å². The zero-order chi connectivity index (χ0) is 24.3. The zero-order valence-corrected chi connectivity index (χ0v) is 19.9. The highest BCUT2D eigenvalue weighted by Gasteiger charge is 2.13. The van der Waals surface area contributed by atoms with Crippen LogP contribution in [-0.4, -0.2) is 38.2 Å². The fraction of sp³-hybridized carbons (Fsp3) is 0.207. The van der Waals surface area contributed by atoms with Gasteiger partial charge in [-0.1, -0.05) is 18.2 Å². The summed E-state index contributed by atoms with van der Waals surface area (Å²) in [5.74, 6) is -0.276. The van der Waals surface area contributed by atoms with E-state index in [0.717, 1.165) is 40.0 Å². The second kappa shape index (κ2) is 9.87. The van der Waals surface area contributed by atoms with Gasteiger partial charge < -0.3 is 5.32 Å². The molecule has 1 aliphatic heterocycles. The molecule has 5 aromatic rings. The number of H-pyrrole nitrogens is 1. The van der Waals surface area contributed by atoms with Crippen LogP contribution in [0.25, 0.3) is 33.3 Å². The molecule has 7 heteroatoms. The van der Waals surface area contributed by atoms with E-state index in [9.17, 15) is 4.39 Å². The summed E-state index contributed by atoms with van der Waals surface area (Å²) >= 11 is 0. The fourth-order valence-corrected chi connectivity index (χ4v) is 4.83. The molecule has 4 heterocycles. The largest absolute Gasteiger partial charge is 0.378 e. The average Bonchev–Trinajstić information content (AvgIpc) is 3.58. The Kier molecular flexibility index (Phi) is 6.13. The van der Waals surface area contributed by atoms with Crippen LogP contribution in [0.5, 0.6) is 0 Å². The number of pyridine rings is 2. The average molecular weight is 479 g/mol. The minimum Gasteiger partial charge on any atom is -0.378 e. The van der Waals surface area contributed by atoms with Crippen molar-refractivity contribution in [1.29, 1.82) is 0 Å². The van der Waals surface area contributed by atoms with Gasteiger partial charge >= 0.3 is 0 Å². The van der Waals surface area contributed by atoms with Crippen molar-refractivity contribution in [3.8, 4) is 22.4 Å². The first-order chi connectivity index (χ1) is 17.7. The van der Waals surface area contributed by atoms with Crippen LogP contribution in [-0.2, 0) is 13.1 Å². The standard InChI is InChI=1S/C29H27FN6/c30-26-6-2-1-5-24(26)27-10-8-23(17-33-27)32-18-29-25-14-21(7-9-28(25)34-35-29)22-13-20(15-31-16-22)19-36-11-3-4-12-36/h1-2,5-10,13-17,32H,3-4,11-12,18-19H2,(H,34,35). The van der Waals surface area contributed by atoms with Gasteiger partial charge in [-0.2, -0.15) is 5.10 Å². The molecule has 0 spiro atoms. The van der Waals surface area contributed by atoms with E-state index in [-0.39, 0.29) is 5.82 Å². The number of aromatic nitrogens is 4. The Bertz CT molecular complexity index is 1490. The number of likely N-dealkylation sites (tertiary alicyclic amines) is 1. The molecule has 1 fully saturated rings. The number of hydrogen-bond acceptors (Lipinski definition) is 5. The molecule has 2 aromatic carbocycles. The Morgan fingerprint density at radius 3 is 2.64 bits per heavy atom. The highest BCUT2D eigenvalue weighted by atomic mass is 19.1. The third kappa shape index (κ3) is 4.70. The third-order valence-corrected chi connectivity index (χ3v) is 6.75. The van der Waals surface area contributed by atoms with Crippen molar-refractivity contribution in [2.45, 2.75) is 25.9 Å². The van der Waals surface area contributed by atoms with Gasteiger partial charge in [0.25, 0.3) is 0 Å². The molecule has 6 rings (SSSR count). The quantitative estimate of drug-likeness (QED) is 0.299. The van der Waals surface area contributed by atoms with Crippen molar-refractivity contribution in [3.05, 3.63) is 96.3 Å². The summed E-state index contributed by atoms with van der Waals surface area (Å²) in [6, 6.07) is 19.0. The summed E-state index contributed by atoms with van der Waals surface area (Å²) in [5.41, 5.74) is 7.35. The van der Waals surface area contributed by atoms with Crippen LogP contribution >= 0.6 is 0 Å². The monoisotopic (exact) mass is 478 g/mol. The molecule has 36 heavy (non-hydrogen) atoms. The Morgan fingerprint density at radius 1 is 0.917 bits per heavy atom. The van der Waals surface area contributed by atoms with Gasteiger partial charge in [-0.15, -0.1) is 0 Å². The molecular formula is C29H27FN6. The molecule has 0 atom stereocenters. The number of halogens is 1. The van der Waals surface area contributed by atoms with E-state index in [2.05, 4.69) is 48.6 Å². The summed E-state index contributed by atoms with van der Waals surface area (Å²) in [6.07, 6.45) is 8.19. The number of aromatic amines is 1. The van der Waals surface area contributed by atoms with Crippen LogP contribution in [0.1, 0.15) is 24.1 Å². The predicted molar refractivity (Wildman–Crippen MR) is 141 cm³/mol. The lowest BCUT2D eigenvalue weighted by Crippen LogP contribution is -2.18. The minimum atomic E-state index is -0.276. The first-order valence-corrected chi connectivity index (χ1v) is 12.3. The zero-order valence-electron chi connectivity index (χ0n) is 19.9. The maximum atomic E-state index is 14.1. The molecule has 6 nitrogen and oxygen atoms in total. The molecule has 0 bridgehead atoms. The van der Waals surface area contributed by atoms with E-state index in [1.807, 2.05) is 36.7 Å². The summed E-state index contributed by atoms with van der Waals surface area (Å²) in [6.45, 7) is 3.85. The van der Waals surface area contributed by atoms with Gasteiger partial charge in [0.15, 0.2) is 0 Å². The van der Waals surface area contributed by atoms with Gasteiger partial charge in [-0.25, -0.2) is 4.39 Å². The minimum absolute atomic E-state index is 0.276. The van der Waals surface area contributed by atoms with Crippen LogP contribution in [0.2, 0.25) is 0 Å². The van der Waals surface area contributed by atoms with Crippen molar-refractivity contribution in [2.75, 3.05) is 18.4 Å². The Hall–Kier alpha value is -4.10. The van der Waals surface area contributed by atoms with E-state index >= 15 is 0 Å². The second-order valence-corrected chi connectivity index (χ2v) is 9.26. The fourth-order valence-electron chi connectivity index (χ4n) is 4.83. The maximum Gasteiger partial charge on any atom is 0.132 e. The number of benzene rings is 2. The maximum absolute atomic E-state index is 14.1. The van der Waals surface area contributed by atoms with Gasteiger partial charge in [0.05, 0.1) is 35.3 Å². The Morgan fingerprint density at radius 2 is 1.81 bits per heavy atom. The molecule has 1 saturated heterocycles. The molecule has 0 unspecified atom stereocenters. The van der Waals surface area contributed by atoms with E-state index in [1.54, 1.807) is 18.3 Å². The van der Waals surface area contributed by atoms with Crippen molar-refractivity contribution < 1.29 is 4.39 Å². The highest BCUT2D eigenvalue weighted by molar-refractivity contribution is 5.86. The van der Waals surface area contributed by atoms with Gasteiger partial charge in [-0.3, -0.25) is 20.0 Å². The van der Waals surface area contributed by atoms with Gasteiger partial charge in [-0.05, 0) is 79.5 Å². The Balaban J connectivity index is 1.19. The second-order valence-electron chi connectivity index (χ2n) is 9.26. The first kappa shape index (κ1) is 22.4. The number of rotatable bonds is 7. The molecule has 180 valence electrons. The molecule has 1 aliphatic rings. The van der Waals surface area contributed by atoms with E-state index < -0.39 is 0 Å². The predicted octanol–water partition coefficient (Wildman–Crippen LogP) is 6.03. The molecule has 0 aliphatic carbocycles. The molecule has 3 aromatic heterocycles. The summed E-state index contributed by atoms with van der Waals surface area (Å²) < 4.78 is 14.1. The van der Waals surface area contributed by atoms with Crippen LogP contribution in [0, 0.1) is 5.82 Å².